The summed E-state index contributed by atoms with van der Waals surface area (Å²) in [6.45, 7) is 6.42. The van der Waals surface area contributed by atoms with Gasteiger partial charge in [-0.1, -0.05) is 39.0 Å². The molecule has 0 aliphatic rings. The van der Waals surface area contributed by atoms with Crippen LogP contribution in [0.3, 0.4) is 0 Å². The number of carbonyl (C=O) groups excluding carboxylic acids is 1. The van der Waals surface area contributed by atoms with Gasteiger partial charge in [0.15, 0.2) is 6.29 Å². The van der Waals surface area contributed by atoms with Crippen LogP contribution in [0.15, 0.2) is 42.5 Å². The number of rotatable bonds is 4. The summed E-state index contributed by atoms with van der Waals surface area (Å²) in [5.74, 6) is 0.850. The molecule has 1 aromatic carbocycles. The zero-order valence-electron chi connectivity index (χ0n) is 11.4. The second kappa shape index (κ2) is 5.57. The van der Waals surface area contributed by atoms with Gasteiger partial charge in [-0.05, 0) is 24.3 Å². The second-order valence-electron chi connectivity index (χ2n) is 5.53. The summed E-state index contributed by atoms with van der Waals surface area (Å²) in [7, 11) is 0. The minimum Gasteiger partial charge on any atom is -0.484 e. The summed E-state index contributed by atoms with van der Waals surface area (Å²) in [6.07, 6.45) is 0.824. The number of hydrogen-bond donors (Lipinski definition) is 0. The standard InChI is InChI=1S/C16H18O2S/c1-16(2,3)15(14-10-9-13(11-17)19-14)18-12-7-5-4-6-8-12/h4-11,15H,1-3H3. The summed E-state index contributed by atoms with van der Waals surface area (Å²) >= 11 is 1.49. The van der Waals surface area contributed by atoms with E-state index in [1.807, 2.05) is 42.5 Å². The quantitative estimate of drug-likeness (QED) is 0.754. The Morgan fingerprint density at radius 2 is 1.79 bits per heavy atom. The summed E-state index contributed by atoms with van der Waals surface area (Å²) in [5, 5.41) is 0. The second-order valence-corrected chi connectivity index (χ2v) is 6.68. The molecule has 1 heterocycles. The highest BCUT2D eigenvalue weighted by molar-refractivity contribution is 7.13. The number of thiophene rings is 1. The molecule has 1 aromatic heterocycles. The van der Waals surface area contributed by atoms with E-state index in [-0.39, 0.29) is 11.5 Å². The maximum absolute atomic E-state index is 10.8. The van der Waals surface area contributed by atoms with Crippen LogP contribution >= 0.6 is 11.3 Å². The van der Waals surface area contributed by atoms with Gasteiger partial charge in [-0.25, -0.2) is 0 Å². The van der Waals surface area contributed by atoms with E-state index in [4.69, 9.17) is 4.74 Å². The van der Waals surface area contributed by atoms with Gasteiger partial charge in [0.05, 0.1) is 4.88 Å². The maximum Gasteiger partial charge on any atom is 0.160 e. The molecule has 2 aromatic rings. The van der Waals surface area contributed by atoms with Crippen LogP contribution in [0.5, 0.6) is 5.75 Å². The van der Waals surface area contributed by atoms with Crippen LogP contribution in [0, 0.1) is 5.41 Å². The van der Waals surface area contributed by atoms with Crippen molar-refractivity contribution in [3.63, 3.8) is 0 Å². The number of hydrogen-bond acceptors (Lipinski definition) is 3. The average Bonchev–Trinajstić information content (AvgIpc) is 2.84. The van der Waals surface area contributed by atoms with Crippen LogP contribution in [-0.2, 0) is 0 Å². The summed E-state index contributed by atoms with van der Waals surface area (Å²) in [5.41, 5.74) is -0.0408. The predicted octanol–water partition coefficient (Wildman–Crippen LogP) is 4.73. The first-order valence-corrected chi connectivity index (χ1v) is 7.09. The van der Waals surface area contributed by atoms with Crippen LogP contribution in [0.4, 0.5) is 0 Å². The lowest BCUT2D eigenvalue weighted by Gasteiger charge is -2.30. The fourth-order valence-corrected chi connectivity index (χ4v) is 2.97. The molecule has 0 aliphatic heterocycles. The highest BCUT2D eigenvalue weighted by Crippen LogP contribution is 2.39. The maximum atomic E-state index is 10.8. The fourth-order valence-electron chi connectivity index (χ4n) is 1.87. The van der Waals surface area contributed by atoms with Crippen molar-refractivity contribution < 1.29 is 9.53 Å². The van der Waals surface area contributed by atoms with Crippen molar-refractivity contribution in [3.8, 4) is 5.75 Å². The van der Waals surface area contributed by atoms with E-state index in [1.54, 1.807) is 0 Å². The smallest absolute Gasteiger partial charge is 0.160 e. The van der Waals surface area contributed by atoms with Crippen molar-refractivity contribution in [2.45, 2.75) is 26.9 Å². The lowest BCUT2D eigenvalue weighted by atomic mass is 9.88. The Morgan fingerprint density at radius 3 is 2.32 bits per heavy atom. The first-order chi connectivity index (χ1) is 9.00. The first kappa shape index (κ1) is 13.8. The Kier molecular flexibility index (Phi) is 4.05. The Morgan fingerprint density at radius 1 is 1.11 bits per heavy atom. The molecule has 0 amide bonds. The van der Waals surface area contributed by atoms with Gasteiger partial charge >= 0.3 is 0 Å². The summed E-state index contributed by atoms with van der Waals surface area (Å²) in [6, 6.07) is 13.6. The molecule has 2 nitrogen and oxygen atoms in total. The van der Waals surface area contributed by atoms with Crippen molar-refractivity contribution in [3.05, 3.63) is 52.2 Å². The van der Waals surface area contributed by atoms with E-state index >= 15 is 0 Å². The molecular weight excluding hydrogens is 256 g/mol. The lowest BCUT2D eigenvalue weighted by Crippen LogP contribution is -2.23. The van der Waals surface area contributed by atoms with E-state index in [0.717, 1.165) is 21.8 Å². The minimum atomic E-state index is -0.0615. The van der Waals surface area contributed by atoms with E-state index in [0.29, 0.717) is 0 Å². The number of carbonyl (C=O) groups is 1. The topological polar surface area (TPSA) is 26.3 Å². The average molecular weight is 274 g/mol. The SMILES string of the molecule is CC(C)(C)C(Oc1ccccc1)c1ccc(C=O)s1. The van der Waals surface area contributed by atoms with Crippen LogP contribution in [0.25, 0.3) is 0 Å². The molecule has 0 N–H and O–H groups in total. The third kappa shape index (κ3) is 3.44. The molecule has 0 aliphatic carbocycles. The van der Waals surface area contributed by atoms with Crippen LogP contribution in [0.2, 0.25) is 0 Å². The van der Waals surface area contributed by atoms with Gasteiger partial charge in [0.2, 0.25) is 0 Å². The first-order valence-electron chi connectivity index (χ1n) is 6.27. The van der Waals surface area contributed by atoms with E-state index in [1.165, 1.54) is 11.3 Å². The van der Waals surface area contributed by atoms with Crippen molar-refractivity contribution in [1.82, 2.24) is 0 Å². The molecule has 3 heteroatoms. The zero-order chi connectivity index (χ0) is 13.9. The largest absolute Gasteiger partial charge is 0.484 e. The Balaban J connectivity index is 2.29. The lowest BCUT2D eigenvalue weighted by molar-refractivity contribution is 0.0900. The van der Waals surface area contributed by atoms with Gasteiger partial charge < -0.3 is 4.74 Å². The summed E-state index contributed by atoms with van der Waals surface area (Å²) < 4.78 is 6.12. The molecule has 2 rings (SSSR count). The van der Waals surface area contributed by atoms with Gasteiger partial charge in [0.25, 0.3) is 0 Å². The zero-order valence-corrected chi connectivity index (χ0v) is 12.2. The third-order valence-electron chi connectivity index (χ3n) is 2.81. The Bertz CT molecular complexity index is 537. The minimum absolute atomic E-state index is 0.0408. The third-order valence-corrected chi connectivity index (χ3v) is 3.86. The Labute approximate surface area is 118 Å². The molecular formula is C16H18O2S. The van der Waals surface area contributed by atoms with E-state index < -0.39 is 0 Å². The van der Waals surface area contributed by atoms with Crippen LogP contribution in [0.1, 0.15) is 41.4 Å². The summed E-state index contributed by atoms with van der Waals surface area (Å²) in [4.78, 5) is 12.6. The van der Waals surface area contributed by atoms with Crippen molar-refractivity contribution >= 4 is 17.6 Å². The molecule has 19 heavy (non-hydrogen) atoms. The highest BCUT2D eigenvalue weighted by Gasteiger charge is 2.29. The number of aldehydes is 1. The molecule has 1 atom stereocenters. The molecule has 0 radical (unpaired) electrons. The van der Waals surface area contributed by atoms with Gasteiger partial charge in [-0.2, -0.15) is 0 Å². The van der Waals surface area contributed by atoms with Crippen LogP contribution < -0.4 is 4.74 Å². The molecule has 0 saturated heterocycles. The number of benzene rings is 1. The normalized spacial score (nSPS) is 13.0. The van der Waals surface area contributed by atoms with Gasteiger partial charge in [0.1, 0.15) is 11.9 Å². The van der Waals surface area contributed by atoms with E-state index in [2.05, 4.69) is 20.8 Å². The molecule has 100 valence electrons. The van der Waals surface area contributed by atoms with Gasteiger partial charge in [0, 0.05) is 10.3 Å². The van der Waals surface area contributed by atoms with Gasteiger partial charge in [-0.3, -0.25) is 4.79 Å². The van der Waals surface area contributed by atoms with Crippen molar-refractivity contribution in [2.24, 2.45) is 5.41 Å². The Hall–Kier alpha value is -1.61. The number of para-hydroxylation sites is 1. The van der Waals surface area contributed by atoms with Crippen molar-refractivity contribution in [1.29, 1.82) is 0 Å². The molecule has 1 unspecified atom stereocenters. The molecule has 0 spiro atoms. The van der Waals surface area contributed by atoms with E-state index in [9.17, 15) is 4.79 Å². The molecule has 0 fully saturated rings. The monoisotopic (exact) mass is 274 g/mol. The van der Waals surface area contributed by atoms with Crippen LogP contribution in [-0.4, -0.2) is 6.29 Å². The number of ether oxygens (including phenoxy) is 1. The highest BCUT2D eigenvalue weighted by atomic mass is 32.1. The fraction of sp³-hybridized carbons (Fsp3) is 0.312. The van der Waals surface area contributed by atoms with Crippen molar-refractivity contribution in [2.75, 3.05) is 0 Å². The van der Waals surface area contributed by atoms with Gasteiger partial charge in [-0.15, -0.1) is 11.3 Å². The molecule has 0 bridgehead atoms. The predicted molar refractivity (Wildman–Crippen MR) is 79.0 cm³/mol. The molecule has 0 saturated carbocycles.